The molecule has 1 saturated heterocycles. The second-order valence-corrected chi connectivity index (χ2v) is 3.91. The molecule has 1 fully saturated rings. The number of carbonyl (C=O) groups is 2. The summed E-state index contributed by atoms with van der Waals surface area (Å²) in [6.07, 6.45) is 0. The van der Waals surface area contributed by atoms with E-state index in [0.29, 0.717) is 0 Å². The molecule has 1 atom stereocenters. The van der Waals surface area contributed by atoms with Gasteiger partial charge in [-0.3, -0.25) is 14.4 Å². The summed E-state index contributed by atoms with van der Waals surface area (Å²) < 4.78 is 1.12. The number of nitrogens with zero attached hydrogens (tertiary/aromatic N) is 1. The minimum atomic E-state index is -1.03. The van der Waals surface area contributed by atoms with Crippen molar-refractivity contribution in [1.29, 1.82) is 0 Å². The largest absolute Gasteiger partial charge is 0.335 e. The molecule has 1 aromatic rings. The maximum atomic E-state index is 11.7. The van der Waals surface area contributed by atoms with Crippen molar-refractivity contribution in [3.05, 3.63) is 35.9 Å². The zero-order valence-electron chi connectivity index (χ0n) is 8.10. The van der Waals surface area contributed by atoms with Crippen molar-refractivity contribution >= 4 is 24.8 Å². The van der Waals surface area contributed by atoms with E-state index >= 15 is 0 Å². The number of amides is 3. The van der Waals surface area contributed by atoms with E-state index in [9.17, 15) is 9.59 Å². The molecule has 0 bridgehead atoms. The van der Waals surface area contributed by atoms with Crippen LogP contribution in [0, 0.1) is 0 Å². The highest BCUT2D eigenvalue weighted by Crippen LogP contribution is 2.33. The van der Waals surface area contributed by atoms with Crippen LogP contribution in [0.15, 0.2) is 30.3 Å². The summed E-state index contributed by atoms with van der Waals surface area (Å²) in [5.74, 6) is -0.353. The van der Waals surface area contributed by atoms with Crippen LogP contribution in [0.25, 0.3) is 0 Å². The molecule has 0 saturated carbocycles. The minimum absolute atomic E-state index is 0.353. The van der Waals surface area contributed by atoms with Crippen LogP contribution in [0.5, 0.6) is 0 Å². The van der Waals surface area contributed by atoms with Gasteiger partial charge in [-0.05, 0) is 12.5 Å². The topological polar surface area (TPSA) is 49.4 Å². The van der Waals surface area contributed by atoms with Crippen molar-refractivity contribution in [3.8, 4) is 0 Å². The summed E-state index contributed by atoms with van der Waals surface area (Å²) in [5, 5.41) is 2.23. The number of hydrogen-bond acceptors (Lipinski definition) is 3. The van der Waals surface area contributed by atoms with Gasteiger partial charge in [-0.2, -0.15) is 0 Å². The molecule has 0 aliphatic carbocycles. The molecule has 4 nitrogen and oxygen atoms in total. The first-order valence-corrected chi connectivity index (χ1v) is 4.87. The predicted molar refractivity (Wildman–Crippen MR) is 58.2 cm³/mol. The van der Waals surface area contributed by atoms with E-state index in [4.69, 9.17) is 0 Å². The van der Waals surface area contributed by atoms with Crippen LogP contribution in [0.3, 0.4) is 0 Å². The van der Waals surface area contributed by atoms with Crippen LogP contribution in [0.4, 0.5) is 4.79 Å². The summed E-state index contributed by atoms with van der Waals surface area (Å²) in [4.78, 5) is 23.0. The van der Waals surface area contributed by atoms with Crippen LogP contribution < -0.4 is 5.32 Å². The fourth-order valence-electron chi connectivity index (χ4n) is 1.59. The Bertz CT molecular complexity index is 421. The van der Waals surface area contributed by atoms with E-state index in [2.05, 4.69) is 18.1 Å². The smallest absolute Gasteiger partial charge is 0.275 e. The van der Waals surface area contributed by atoms with E-state index in [1.807, 2.05) is 18.2 Å². The Kier molecular flexibility index (Phi) is 2.19. The molecule has 1 N–H and O–H groups in total. The molecular formula is C10H10N2O2S. The van der Waals surface area contributed by atoms with Gasteiger partial charge < -0.3 is 0 Å². The number of carbonyl (C=O) groups excluding carboxylic acids is 2. The van der Waals surface area contributed by atoms with Crippen LogP contribution in [-0.2, 0) is 10.3 Å². The number of urea groups is 1. The SMILES string of the molecule is C[C@]1(c2ccccc2)C(=O)NC(=O)N1S. The van der Waals surface area contributed by atoms with Gasteiger partial charge in [0.15, 0.2) is 5.54 Å². The zero-order chi connectivity index (χ0) is 11.1. The van der Waals surface area contributed by atoms with E-state index < -0.39 is 11.6 Å². The summed E-state index contributed by atoms with van der Waals surface area (Å²) in [5.41, 5.74) is -0.287. The first-order valence-electron chi connectivity index (χ1n) is 4.47. The predicted octanol–water partition coefficient (Wildman–Crippen LogP) is 1.30. The zero-order valence-corrected chi connectivity index (χ0v) is 8.99. The number of benzene rings is 1. The van der Waals surface area contributed by atoms with Gasteiger partial charge in [-0.25, -0.2) is 4.79 Å². The highest BCUT2D eigenvalue weighted by Gasteiger charge is 2.49. The summed E-state index contributed by atoms with van der Waals surface area (Å²) in [6.45, 7) is 1.66. The Labute approximate surface area is 92.8 Å². The molecule has 5 heteroatoms. The monoisotopic (exact) mass is 222 g/mol. The Hall–Kier alpha value is -1.49. The quantitative estimate of drug-likeness (QED) is 0.556. The van der Waals surface area contributed by atoms with Crippen molar-refractivity contribution in [2.45, 2.75) is 12.5 Å². The van der Waals surface area contributed by atoms with Gasteiger partial charge in [-0.15, -0.1) is 0 Å². The maximum absolute atomic E-state index is 11.7. The molecule has 1 aliphatic heterocycles. The summed E-state index contributed by atoms with van der Waals surface area (Å²) in [6, 6.07) is 8.58. The van der Waals surface area contributed by atoms with Gasteiger partial charge in [0.2, 0.25) is 0 Å². The Morgan fingerprint density at radius 2 is 1.87 bits per heavy atom. The van der Waals surface area contributed by atoms with Gasteiger partial charge in [0.25, 0.3) is 5.91 Å². The second kappa shape index (κ2) is 3.27. The van der Waals surface area contributed by atoms with Gasteiger partial charge in [-0.1, -0.05) is 43.1 Å². The van der Waals surface area contributed by atoms with Crippen molar-refractivity contribution in [3.63, 3.8) is 0 Å². The molecule has 3 amide bonds. The normalized spacial score (nSPS) is 25.6. The van der Waals surface area contributed by atoms with Crippen molar-refractivity contribution in [2.75, 3.05) is 0 Å². The van der Waals surface area contributed by atoms with E-state index in [-0.39, 0.29) is 5.91 Å². The van der Waals surface area contributed by atoms with Crippen LogP contribution in [0.1, 0.15) is 12.5 Å². The molecule has 1 heterocycles. The standard InChI is InChI=1S/C10H10N2O2S/c1-10(7-5-3-2-4-6-7)8(13)11-9(14)12(10)15/h2-6,15H,1H3,(H,11,13,14)/t10-/m0/s1. The van der Waals surface area contributed by atoms with Gasteiger partial charge in [0.1, 0.15) is 0 Å². The minimum Gasteiger partial charge on any atom is -0.275 e. The Morgan fingerprint density at radius 3 is 2.33 bits per heavy atom. The lowest BCUT2D eigenvalue weighted by molar-refractivity contribution is -0.124. The molecule has 78 valence electrons. The molecule has 0 spiro atoms. The van der Waals surface area contributed by atoms with Gasteiger partial charge in [0.05, 0.1) is 0 Å². The van der Waals surface area contributed by atoms with Crippen molar-refractivity contribution in [1.82, 2.24) is 9.62 Å². The Balaban J connectivity index is 2.51. The summed E-state index contributed by atoms with van der Waals surface area (Å²) >= 11 is 4.04. The van der Waals surface area contributed by atoms with Crippen LogP contribution in [0.2, 0.25) is 0 Å². The van der Waals surface area contributed by atoms with E-state index in [0.717, 1.165) is 9.87 Å². The van der Waals surface area contributed by atoms with E-state index in [1.165, 1.54) is 0 Å². The highest BCUT2D eigenvalue weighted by molar-refractivity contribution is 7.78. The maximum Gasteiger partial charge on any atom is 0.335 e. The fraction of sp³-hybridized carbons (Fsp3) is 0.200. The lowest BCUT2D eigenvalue weighted by atomic mass is 9.92. The molecule has 1 aliphatic rings. The van der Waals surface area contributed by atoms with Gasteiger partial charge >= 0.3 is 6.03 Å². The third-order valence-electron chi connectivity index (χ3n) is 2.61. The first-order chi connectivity index (χ1) is 7.06. The lowest BCUT2D eigenvalue weighted by Gasteiger charge is -2.27. The van der Waals surface area contributed by atoms with Crippen LogP contribution >= 0.6 is 12.8 Å². The Morgan fingerprint density at radius 1 is 1.27 bits per heavy atom. The highest BCUT2D eigenvalue weighted by atomic mass is 32.1. The molecule has 1 aromatic carbocycles. The molecular weight excluding hydrogens is 212 g/mol. The van der Waals surface area contributed by atoms with Crippen LogP contribution in [-0.4, -0.2) is 16.2 Å². The third-order valence-corrected chi connectivity index (χ3v) is 3.20. The average Bonchev–Trinajstić information content (AvgIpc) is 2.45. The fourth-order valence-corrected chi connectivity index (χ4v) is 1.84. The molecule has 2 rings (SSSR count). The van der Waals surface area contributed by atoms with Gasteiger partial charge in [0, 0.05) is 0 Å². The number of imide groups is 1. The number of nitrogens with one attached hydrogen (secondary N) is 1. The van der Waals surface area contributed by atoms with Crippen molar-refractivity contribution < 1.29 is 9.59 Å². The third kappa shape index (κ3) is 1.31. The average molecular weight is 222 g/mol. The molecule has 0 unspecified atom stereocenters. The number of thiol groups is 1. The number of rotatable bonds is 1. The first kappa shape index (κ1) is 10.0. The van der Waals surface area contributed by atoms with Crippen molar-refractivity contribution in [2.24, 2.45) is 0 Å². The number of hydrogen-bond donors (Lipinski definition) is 2. The van der Waals surface area contributed by atoms with E-state index in [1.54, 1.807) is 19.1 Å². The lowest BCUT2D eigenvalue weighted by Crippen LogP contribution is -2.39. The molecule has 0 aromatic heterocycles. The molecule has 0 radical (unpaired) electrons. The second-order valence-electron chi connectivity index (χ2n) is 3.51. The molecule has 15 heavy (non-hydrogen) atoms. The summed E-state index contributed by atoms with van der Waals surface area (Å²) in [7, 11) is 0.